The number of aromatic amines is 1. The lowest BCUT2D eigenvalue weighted by molar-refractivity contribution is 0.457. The smallest absolute Gasteiger partial charge is 0.198 e. The Morgan fingerprint density at radius 3 is 2.92 bits per heavy atom. The van der Waals surface area contributed by atoms with Gasteiger partial charge in [0, 0.05) is 24.2 Å². The van der Waals surface area contributed by atoms with Gasteiger partial charge < -0.3 is 10.1 Å². The van der Waals surface area contributed by atoms with Crippen molar-refractivity contribution in [2.75, 3.05) is 7.05 Å². The number of aromatic nitrogens is 1. The molecule has 13 heavy (non-hydrogen) atoms. The van der Waals surface area contributed by atoms with Crippen molar-refractivity contribution in [3.05, 3.63) is 29.8 Å². The summed E-state index contributed by atoms with van der Waals surface area (Å²) in [5.74, 6) is 0.173. The van der Waals surface area contributed by atoms with Gasteiger partial charge in [-0.1, -0.05) is 18.2 Å². The van der Waals surface area contributed by atoms with Crippen molar-refractivity contribution in [1.29, 1.82) is 0 Å². The van der Waals surface area contributed by atoms with Crippen LogP contribution in [0.15, 0.2) is 29.3 Å². The number of para-hydroxylation sites is 1. The number of benzene rings is 1. The Labute approximate surface area is 75.7 Å². The lowest BCUT2D eigenvalue weighted by atomic mass is 10.2. The maximum atomic E-state index is 9.52. The van der Waals surface area contributed by atoms with Gasteiger partial charge in [-0.25, -0.2) is 0 Å². The highest BCUT2D eigenvalue weighted by molar-refractivity contribution is 6.01. The van der Waals surface area contributed by atoms with Gasteiger partial charge in [-0.2, -0.15) is 0 Å². The molecule has 0 fully saturated rings. The van der Waals surface area contributed by atoms with Gasteiger partial charge in [0.2, 0.25) is 0 Å². The molecule has 0 unspecified atom stereocenters. The van der Waals surface area contributed by atoms with Gasteiger partial charge in [0.05, 0.1) is 5.56 Å². The molecule has 0 spiro atoms. The Kier molecular flexibility index (Phi) is 1.77. The third kappa shape index (κ3) is 1.18. The fraction of sp³-hybridized carbons (Fsp3) is 0.100. The Bertz CT molecular complexity index is 457. The minimum Gasteiger partial charge on any atom is -0.494 e. The van der Waals surface area contributed by atoms with E-state index in [2.05, 4.69) is 9.98 Å². The predicted octanol–water partition coefficient (Wildman–Crippen LogP) is 1.92. The Morgan fingerprint density at radius 2 is 2.15 bits per heavy atom. The molecule has 0 bridgehead atoms. The third-order valence-corrected chi connectivity index (χ3v) is 1.98. The molecule has 1 heterocycles. The van der Waals surface area contributed by atoms with E-state index < -0.39 is 0 Å². The molecular weight excluding hydrogens is 164 g/mol. The maximum Gasteiger partial charge on any atom is 0.198 e. The van der Waals surface area contributed by atoms with E-state index in [1.807, 2.05) is 24.3 Å². The van der Waals surface area contributed by atoms with Crippen molar-refractivity contribution < 1.29 is 5.11 Å². The molecular formula is C10H10N2O. The molecule has 1 aromatic carbocycles. The summed E-state index contributed by atoms with van der Waals surface area (Å²) in [6.45, 7) is 0. The first-order chi connectivity index (χ1) is 6.33. The second-order valence-electron chi connectivity index (χ2n) is 2.82. The molecule has 3 heteroatoms. The summed E-state index contributed by atoms with van der Waals surface area (Å²) in [5.41, 5.74) is 1.67. The fourth-order valence-electron chi connectivity index (χ4n) is 1.41. The molecule has 0 saturated heterocycles. The summed E-state index contributed by atoms with van der Waals surface area (Å²) < 4.78 is 0. The predicted molar refractivity (Wildman–Crippen MR) is 53.5 cm³/mol. The first-order valence-corrected chi connectivity index (χ1v) is 4.05. The number of nitrogens with zero attached hydrogens (tertiary/aromatic N) is 1. The average Bonchev–Trinajstić information content (AvgIpc) is 2.44. The average molecular weight is 174 g/mol. The molecule has 0 radical (unpaired) electrons. The van der Waals surface area contributed by atoms with Crippen LogP contribution in [0.4, 0.5) is 0 Å². The van der Waals surface area contributed by atoms with E-state index in [9.17, 15) is 5.11 Å². The van der Waals surface area contributed by atoms with Crippen LogP contribution in [-0.4, -0.2) is 23.4 Å². The van der Waals surface area contributed by atoms with E-state index in [4.69, 9.17) is 0 Å². The summed E-state index contributed by atoms with van der Waals surface area (Å²) >= 11 is 0. The number of nitrogens with one attached hydrogen (secondary N) is 1. The van der Waals surface area contributed by atoms with Crippen LogP contribution in [0.5, 0.6) is 5.88 Å². The van der Waals surface area contributed by atoms with Gasteiger partial charge in [-0.15, -0.1) is 0 Å². The van der Waals surface area contributed by atoms with Gasteiger partial charge >= 0.3 is 0 Å². The van der Waals surface area contributed by atoms with E-state index in [1.165, 1.54) is 0 Å². The van der Waals surface area contributed by atoms with Crippen LogP contribution < -0.4 is 0 Å². The van der Waals surface area contributed by atoms with Gasteiger partial charge in [0.15, 0.2) is 5.88 Å². The summed E-state index contributed by atoms with van der Waals surface area (Å²) in [5, 5.41) is 10.5. The zero-order valence-corrected chi connectivity index (χ0v) is 7.28. The molecule has 2 N–H and O–H groups in total. The molecule has 2 aromatic rings. The van der Waals surface area contributed by atoms with Crippen molar-refractivity contribution in [1.82, 2.24) is 4.98 Å². The highest BCUT2D eigenvalue weighted by Crippen LogP contribution is 2.24. The van der Waals surface area contributed by atoms with Crippen molar-refractivity contribution in [3.8, 4) is 5.88 Å². The first kappa shape index (κ1) is 7.86. The molecule has 2 rings (SSSR count). The van der Waals surface area contributed by atoms with E-state index in [1.54, 1.807) is 13.3 Å². The van der Waals surface area contributed by atoms with Crippen LogP contribution in [0.25, 0.3) is 10.9 Å². The molecule has 0 amide bonds. The van der Waals surface area contributed by atoms with E-state index in [0.29, 0.717) is 0 Å². The number of fused-ring (bicyclic) bond motifs is 1. The Balaban J connectivity index is 2.78. The van der Waals surface area contributed by atoms with Gasteiger partial charge in [0.1, 0.15) is 0 Å². The van der Waals surface area contributed by atoms with Gasteiger partial charge in [-0.05, 0) is 6.07 Å². The maximum absolute atomic E-state index is 9.52. The molecule has 0 aliphatic carbocycles. The van der Waals surface area contributed by atoms with Crippen LogP contribution >= 0.6 is 0 Å². The second kappa shape index (κ2) is 2.94. The first-order valence-electron chi connectivity index (χ1n) is 4.05. The SMILES string of the molecule is CN=Cc1c(O)[nH]c2ccccc12. The molecule has 0 aliphatic rings. The zero-order chi connectivity index (χ0) is 9.26. The molecule has 66 valence electrons. The second-order valence-corrected chi connectivity index (χ2v) is 2.82. The summed E-state index contributed by atoms with van der Waals surface area (Å²) in [7, 11) is 1.68. The molecule has 1 aromatic heterocycles. The summed E-state index contributed by atoms with van der Waals surface area (Å²) in [6.07, 6.45) is 1.65. The summed E-state index contributed by atoms with van der Waals surface area (Å²) in [6, 6.07) is 7.72. The highest BCUT2D eigenvalue weighted by atomic mass is 16.3. The Morgan fingerprint density at radius 1 is 1.38 bits per heavy atom. The van der Waals surface area contributed by atoms with Crippen LogP contribution in [0.3, 0.4) is 0 Å². The largest absolute Gasteiger partial charge is 0.494 e. The number of aliphatic imine (C=N–C) groups is 1. The standard InChI is InChI=1S/C10H10N2O/c1-11-6-8-7-4-2-3-5-9(7)12-10(8)13/h2-6,12-13H,1H3. The number of hydrogen-bond acceptors (Lipinski definition) is 2. The van der Waals surface area contributed by atoms with Crippen LogP contribution in [0.2, 0.25) is 0 Å². The highest BCUT2D eigenvalue weighted by Gasteiger charge is 2.06. The monoisotopic (exact) mass is 174 g/mol. The van der Waals surface area contributed by atoms with Gasteiger partial charge in [0.25, 0.3) is 0 Å². The van der Waals surface area contributed by atoms with Crippen molar-refractivity contribution in [3.63, 3.8) is 0 Å². The minimum absolute atomic E-state index is 0.173. The minimum atomic E-state index is 0.173. The fourth-order valence-corrected chi connectivity index (χ4v) is 1.41. The van der Waals surface area contributed by atoms with E-state index in [-0.39, 0.29) is 5.88 Å². The third-order valence-electron chi connectivity index (χ3n) is 1.98. The van der Waals surface area contributed by atoms with Gasteiger partial charge in [-0.3, -0.25) is 4.99 Å². The van der Waals surface area contributed by atoms with E-state index in [0.717, 1.165) is 16.5 Å². The topological polar surface area (TPSA) is 48.4 Å². The normalized spacial score (nSPS) is 11.5. The molecule has 0 saturated carbocycles. The van der Waals surface area contributed by atoms with Crippen molar-refractivity contribution in [2.24, 2.45) is 4.99 Å². The van der Waals surface area contributed by atoms with Crippen LogP contribution in [0.1, 0.15) is 5.56 Å². The quantitative estimate of drug-likeness (QED) is 0.637. The number of H-pyrrole nitrogens is 1. The molecule has 3 nitrogen and oxygen atoms in total. The van der Waals surface area contributed by atoms with Crippen molar-refractivity contribution >= 4 is 17.1 Å². The molecule has 0 atom stereocenters. The van der Waals surface area contributed by atoms with E-state index >= 15 is 0 Å². The molecule has 0 aliphatic heterocycles. The summed E-state index contributed by atoms with van der Waals surface area (Å²) in [4.78, 5) is 6.76. The van der Waals surface area contributed by atoms with Crippen LogP contribution in [0, 0.1) is 0 Å². The zero-order valence-electron chi connectivity index (χ0n) is 7.28. The lowest BCUT2D eigenvalue weighted by Gasteiger charge is -1.89. The van der Waals surface area contributed by atoms with Crippen molar-refractivity contribution in [2.45, 2.75) is 0 Å². The number of hydrogen-bond donors (Lipinski definition) is 2. The lowest BCUT2D eigenvalue weighted by Crippen LogP contribution is -1.77. The number of rotatable bonds is 1. The number of aromatic hydroxyl groups is 1. The Hall–Kier alpha value is -1.77. The van der Waals surface area contributed by atoms with Crippen LogP contribution in [-0.2, 0) is 0 Å².